The predicted octanol–water partition coefficient (Wildman–Crippen LogP) is 7.09. The molecule has 2 fully saturated rings. The van der Waals surface area contributed by atoms with Crippen LogP contribution in [0, 0.1) is 0 Å². The van der Waals surface area contributed by atoms with Crippen molar-refractivity contribution in [3.63, 3.8) is 0 Å². The van der Waals surface area contributed by atoms with Crippen LogP contribution in [0.25, 0.3) is 22.3 Å². The highest BCUT2D eigenvalue weighted by Crippen LogP contribution is 2.39. The monoisotopic (exact) mass is 999 g/mol. The second-order valence-electron chi connectivity index (χ2n) is 15.3. The zero-order valence-electron chi connectivity index (χ0n) is 34.9. The minimum Gasteiger partial charge on any atom is -0.487 e. The van der Waals surface area contributed by atoms with Gasteiger partial charge in [-0.15, -0.1) is 0 Å². The Morgan fingerprint density at radius 2 is 1.00 bits per heavy atom. The lowest BCUT2D eigenvalue weighted by atomic mass is 9.95. The number of hydrogen-bond donors (Lipinski definition) is 4. The van der Waals surface area contributed by atoms with E-state index in [1.54, 1.807) is 7.05 Å². The highest BCUT2D eigenvalue weighted by atomic mass is 32.2. The summed E-state index contributed by atoms with van der Waals surface area (Å²) in [5.41, 5.74) is 4.94. The van der Waals surface area contributed by atoms with E-state index in [-0.39, 0.29) is 54.4 Å². The number of nitrogens with zero attached hydrogens (tertiary/aromatic N) is 1. The maximum Gasteiger partial charge on any atom is 0.461 e. The second kappa shape index (κ2) is 20.4. The van der Waals surface area contributed by atoms with Gasteiger partial charge >= 0.3 is 24.6 Å². The van der Waals surface area contributed by atoms with Gasteiger partial charge in [-0.25, -0.2) is 27.8 Å². The van der Waals surface area contributed by atoms with Gasteiger partial charge in [0.2, 0.25) is 0 Å². The molecule has 0 bridgehead atoms. The zero-order valence-corrected chi connectivity index (χ0v) is 36.5. The van der Waals surface area contributed by atoms with E-state index in [0.717, 1.165) is 12.1 Å². The molecule has 2 aliphatic rings. The van der Waals surface area contributed by atoms with Gasteiger partial charge in [-0.05, 0) is 117 Å². The number of piperidine rings is 1. The Morgan fingerprint density at radius 1 is 0.642 bits per heavy atom. The van der Waals surface area contributed by atoms with Gasteiger partial charge < -0.3 is 19.1 Å². The number of hydrogen-bond acceptors (Lipinski definition) is 12. The number of nitrogens with one attached hydrogen (secondary N) is 2. The molecule has 2 amide bonds. The first kappa shape index (κ1) is 52.5. The van der Waals surface area contributed by atoms with Crippen molar-refractivity contribution < 1.29 is 90.6 Å². The van der Waals surface area contributed by atoms with E-state index < -0.39 is 78.0 Å². The maximum atomic E-state index is 13.4. The number of rotatable bonds is 14. The normalized spacial score (nSPS) is 16.9. The summed E-state index contributed by atoms with van der Waals surface area (Å²) in [5.74, 6) is -7.70. The molecule has 4 aromatic carbocycles. The molecule has 4 aromatic rings. The van der Waals surface area contributed by atoms with Gasteiger partial charge in [-0.3, -0.25) is 20.0 Å². The standard InChI is InChI=1S/C21H20F5NO6S.C21H22F4N2O5S/c22-20(23,21(24,25)26)13-33-16-5-1-14(2-6-16)15-3-7-17(8-4-15)34(30,31)19(18(28)27-29)9-11-32-12-10-19;1-27-12-10-20(11-13-27,19(28)26-29)33(30,31)17-8-4-15(5-9-17)14-2-6-16(7-3-14)32-21(24,25)18(22)23/h1-8,29H,9-13H2,(H,27,28);2-9,18,29H,10-13H2,1H3,(H,26,28). The van der Waals surface area contributed by atoms with E-state index in [1.807, 2.05) is 4.90 Å². The summed E-state index contributed by atoms with van der Waals surface area (Å²) in [6.45, 7) is -1.12. The van der Waals surface area contributed by atoms with E-state index in [9.17, 15) is 65.9 Å². The molecule has 0 saturated carbocycles. The summed E-state index contributed by atoms with van der Waals surface area (Å²) >= 11 is 0. The topological polar surface area (TPSA) is 198 Å². The Morgan fingerprint density at radius 3 is 1.36 bits per heavy atom. The molecular formula is C42H42F9N3O11S2. The molecule has 4 N–H and O–H groups in total. The number of likely N-dealkylation sites (tertiary alicyclic amines) is 1. The smallest absolute Gasteiger partial charge is 0.461 e. The molecule has 0 radical (unpaired) electrons. The highest BCUT2D eigenvalue weighted by molar-refractivity contribution is 7.94. The van der Waals surface area contributed by atoms with Crippen molar-refractivity contribution >= 4 is 31.5 Å². The Balaban J connectivity index is 0.000000251. The van der Waals surface area contributed by atoms with Crippen molar-refractivity contribution in [1.82, 2.24) is 15.9 Å². The molecular weight excluding hydrogens is 958 g/mol. The molecule has 366 valence electrons. The predicted molar refractivity (Wildman–Crippen MR) is 218 cm³/mol. The van der Waals surface area contributed by atoms with Crippen LogP contribution in [0.2, 0.25) is 0 Å². The first-order chi connectivity index (χ1) is 31.3. The lowest BCUT2D eigenvalue weighted by molar-refractivity contribution is -0.290. The Bertz CT molecular complexity index is 2550. The number of sulfone groups is 2. The summed E-state index contributed by atoms with van der Waals surface area (Å²) in [4.78, 5) is 26.3. The van der Waals surface area contributed by atoms with Crippen LogP contribution in [0.5, 0.6) is 11.5 Å². The minimum absolute atomic E-state index is 0.00465. The Labute approximate surface area is 377 Å². The van der Waals surface area contributed by atoms with Gasteiger partial charge in [0.25, 0.3) is 11.8 Å². The van der Waals surface area contributed by atoms with Crippen molar-refractivity contribution in [2.75, 3.05) is 40.0 Å². The fourth-order valence-corrected chi connectivity index (χ4v) is 11.0. The zero-order chi connectivity index (χ0) is 49.6. The fourth-order valence-electron chi connectivity index (χ4n) is 7.14. The van der Waals surface area contributed by atoms with Crippen LogP contribution in [0.15, 0.2) is 107 Å². The highest BCUT2D eigenvalue weighted by Gasteiger charge is 2.58. The SMILES string of the molecule is CN1CCC(C(=O)NO)(S(=O)(=O)c2ccc(-c3ccc(OC(F)(F)C(F)F)cc3)cc2)CC1.O=C(NO)C1(S(=O)(=O)c2ccc(-c3ccc(OCC(F)(F)C(F)(F)F)cc3)cc2)CCOCC1. The van der Waals surface area contributed by atoms with Gasteiger partial charge in [0.15, 0.2) is 35.8 Å². The van der Waals surface area contributed by atoms with E-state index in [0.29, 0.717) is 35.3 Å². The molecule has 2 saturated heterocycles. The van der Waals surface area contributed by atoms with E-state index in [2.05, 4.69) is 9.47 Å². The number of carbonyl (C=O) groups excluding carboxylic acids is 2. The fraction of sp³-hybridized carbons (Fsp3) is 0.381. The summed E-state index contributed by atoms with van der Waals surface area (Å²) in [6.07, 6.45) is -14.6. The third kappa shape index (κ3) is 11.1. The first-order valence-corrected chi connectivity index (χ1v) is 22.7. The van der Waals surface area contributed by atoms with Crippen LogP contribution < -0.4 is 20.4 Å². The van der Waals surface area contributed by atoms with Crippen molar-refractivity contribution in [3.8, 4) is 33.8 Å². The Kier molecular flexibility index (Phi) is 16.0. The summed E-state index contributed by atoms with van der Waals surface area (Å²) in [7, 11) is -6.58. The third-order valence-corrected chi connectivity index (χ3v) is 16.2. The van der Waals surface area contributed by atoms with Crippen LogP contribution in [0.3, 0.4) is 0 Å². The van der Waals surface area contributed by atoms with Gasteiger partial charge in [-0.1, -0.05) is 48.5 Å². The van der Waals surface area contributed by atoms with Crippen LogP contribution in [0.1, 0.15) is 25.7 Å². The summed E-state index contributed by atoms with van der Waals surface area (Å²) in [6, 6.07) is 21.1. The molecule has 14 nitrogen and oxygen atoms in total. The van der Waals surface area contributed by atoms with Gasteiger partial charge in [0, 0.05) is 13.2 Å². The number of amides is 2. The molecule has 2 aliphatic heterocycles. The van der Waals surface area contributed by atoms with Crippen LogP contribution in [-0.4, -0.2) is 118 Å². The first-order valence-electron chi connectivity index (χ1n) is 19.7. The van der Waals surface area contributed by atoms with Crippen molar-refractivity contribution in [2.24, 2.45) is 0 Å². The molecule has 25 heteroatoms. The molecule has 0 unspecified atom stereocenters. The number of ether oxygens (including phenoxy) is 3. The van der Waals surface area contributed by atoms with Gasteiger partial charge in [0.1, 0.15) is 11.5 Å². The molecule has 0 aliphatic carbocycles. The third-order valence-electron chi connectivity index (χ3n) is 11.2. The average molecular weight is 1000 g/mol. The maximum absolute atomic E-state index is 13.4. The van der Waals surface area contributed by atoms with Crippen molar-refractivity contribution in [3.05, 3.63) is 97.1 Å². The van der Waals surface area contributed by atoms with Crippen molar-refractivity contribution in [2.45, 2.75) is 69.6 Å². The molecule has 0 atom stereocenters. The summed E-state index contributed by atoms with van der Waals surface area (Å²) in [5, 5.41) is 18.3. The minimum atomic E-state index is -5.73. The molecule has 0 spiro atoms. The molecule has 6 rings (SSSR count). The number of alkyl halides is 9. The summed E-state index contributed by atoms with van der Waals surface area (Å²) < 4.78 is 176. The van der Waals surface area contributed by atoms with Gasteiger partial charge in [-0.2, -0.15) is 39.5 Å². The molecule has 67 heavy (non-hydrogen) atoms. The number of carbonyl (C=O) groups is 2. The second-order valence-corrected chi connectivity index (χ2v) is 19.9. The van der Waals surface area contributed by atoms with Gasteiger partial charge in [0.05, 0.1) is 9.79 Å². The largest absolute Gasteiger partial charge is 0.487 e. The van der Waals surface area contributed by atoms with Crippen LogP contribution in [-0.2, 0) is 34.0 Å². The van der Waals surface area contributed by atoms with E-state index >= 15 is 0 Å². The average Bonchev–Trinajstić information content (AvgIpc) is 3.31. The van der Waals surface area contributed by atoms with Crippen LogP contribution >= 0.6 is 0 Å². The molecule has 0 aromatic heterocycles. The lowest BCUT2D eigenvalue weighted by Gasteiger charge is -2.38. The molecule has 2 heterocycles. The lowest BCUT2D eigenvalue weighted by Crippen LogP contribution is -2.57. The number of benzene rings is 4. The van der Waals surface area contributed by atoms with E-state index in [1.165, 1.54) is 95.9 Å². The number of halogens is 9. The van der Waals surface area contributed by atoms with E-state index in [4.69, 9.17) is 15.2 Å². The Hall–Kier alpha value is -5.47. The van der Waals surface area contributed by atoms with Crippen LogP contribution in [0.4, 0.5) is 39.5 Å². The van der Waals surface area contributed by atoms with Crippen molar-refractivity contribution in [1.29, 1.82) is 0 Å². The quantitative estimate of drug-likeness (QED) is 0.0570. The number of hydroxylamine groups is 2.